The number of halogens is 3. The number of methoxy groups -OCH3 is 1. The largest absolute Gasteiger partial charge is 0.496 e. The van der Waals surface area contributed by atoms with E-state index in [9.17, 15) is 23.1 Å². The normalized spacial score (nSPS) is 10.8. The van der Waals surface area contributed by atoms with E-state index >= 15 is 0 Å². The fourth-order valence-electron chi connectivity index (χ4n) is 3.23. The molecule has 174 valence electrons. The third-order valence-electron chi connectivity index (χ3n) is 4.81. The summed E-state index contributed by atoms with van der Waals surface area (Å²) in [5, 5.41) is 12.4. The van der Waals surface area contributed by atoms with E-state index in [1.165, 1.54) is 19.5 Å². The fourth-order valence-corrected chi connectivity index (χ4v) is 3.23. The second-order valence-electron chi connectivity index (χ2n) is 6.90. The number of nitrogens with zero attached hydrogens (tertiary/aromatic N) is 2. The molecule has 2 aromatic carbocycles. The second-order valence-corrected chi connectivity index (χ2v) is 6.90. The number of rotatable bonds is 10. The zero-order chi connectivity index (χ0) is 24.0. The maximum Gasteiger partial charge on any atom is 0.339 e. The second kappa shape index (κ2) is 10.7. The molecule has 1 aromatic heterocycles. The predicted octanol–water partition coefficient (Wildman–Crippen LogP) is 4.98. The van der Waals surface area contributed by atoms with Crippen LogP contribution in [0.4, 0.5) is 19.0 Å². The van der Waals surface area contributed by atoms with Crippen LogP contribution >= 0.6 is 0 Å². The molecule has 10 heteroatoms. The first-order valence-electron chi connectivity index (χ1n) is 10.0. The minimum Gasteiger partial charge on any atom is -0.496 e. The highest BCUT2D eigenvalue weighted by Crippen LogP contribution is 2.30. The van der Waals surface area contributed by atoms with Crippen molar-refractivity contribution in [2.75, 3.05) is 25.6 Å². The number of hydrogen-bond donors (Lipinski definition) is 2. The van der Waals surface area contributed by atoms with Crippen LogP contribution in [-0.2, 0) is 6.42 Å². The molecule has 0 fully saturated rings. The van der Waals surface area contributed by atoms with Gasteiger partial charge in [0, 0.05) is 18.2 Å². The van der Waals surface area contributed by atoms with Gasteiger partial charge in [-0.05, 0) is 43.2 Å². The summed E-state index contributed by atoms with van der Waals surface area (Å²) in [4.78, 5) is 19.7. The van der Waals surface area contributed by atoms with Gasteiger partial charge in [0.05, 0.1) is 25.0 Å². The van der Waals surface area contributed by atoms with Gasteiger partial charge >= 0.3 is 5.97 Å². The molecule has 0 unspecified atom stereocenters. The van der Waals surface area contributed by atoms with Crippen LogP contribution in [0.25, 0.3) is 11.3 Å². The summed E-state index contributed by atoms with van der Waals surface area (Å²) < 4.78 is 50.3. The standard InChI is InChI=1S/C23H22F3N3O4/c1-3-33-20-9-13(4-5-15(20)23(30)31)18-11-21(29-12-28-18)27-7-6-14-8-17(24)16(22(25)26)10-19(14)32-2/h4-5,8-12,22H,3,6-7H2,1-2H3,(H,30,31)(H,27,28,29). The highest BCUT2D eigenvalue weighted by Gasteiger charge is 2.18. The number of carboxylic acid groups (broad SMARTS) is 1. The van der Waals surface area contributed by atoms with Crippen LogP contribution in [0.3, 0.4) is 0 Å². The fraction of sp³-hybridized carbons (Fsp3) is 0.261. The van der Waals surface area contributed by atoms with E-state index in [2.05, 4.69) is 15.3 Å². The summed E-state index contributed by atoms with van der Waals surface area (Å²) >= 11 is 0. The number of carboxylic acids is 1. The lowest BCUT2D eigenvalue weighted by Crippen LogP contribution is -2.08. The Morgan fingerprint density at radius 1 is 1.15 bits per heavy atom. The SMILES string of the molecule is CCOc1cc(-c2cc(NCCc3cc(F)c(C(F)F)cc3OC)ncn2)ccc1C(=O)O. The number of aromatic nitrogens is 2. The molecule has 0 atom stereocenters. The first-order chi connectivity index (χ1) is 15.8. The molecule has 2 N–H and O–H groups in total. The molecule has 0 aliphatic carbocycles. The van der Waals surface area contributed by atoms with Crippen LogP contribution in [0.2, 0.25) is 0 Å². The van der Waals surface area contributed by atoms with Crippen molar-refractivity contribution in [2.24, 2.45) is 0 Å². The molecular weight excluding hydrogens is 439 g/mol. The predicted molar refractivity (Wildman–Crippen MR) is 116 cm³/mol. The van der Waals surface area contributed by atoms with Gasteiger partial charge in [-0.25, -0.2) is 27.9 Å². The van der Waals surface area contributed by atoms with Gasteiger partial charge in [0.1, 0.15) is 35.0 Å². The molecule has 33 heavy (non-hydrogen) atoms. The summed E-state index contributed by atoms with van der Waals surface area (Å²) in [6.45, 7) is 2.39. The summed E-state index contributed by atoms with van der Waals surface area (Å²) in [7, 11) is 1.34. The number of benzene rings is 2. The topological polar surface area (TPSA) is 93.6 Å². The Bertz CT molecular complexity index is 1140. The minimum atomic E-state index is -2.93. The van der Waals surface area contributed by atoms with E-state index in [4.69, 9.17) is 9.47 Å². The molecule has 7 nitrogen and oxygen atoms in total. The lowest BCUT2D eigenvalue weighted by atomic mass is 10.1. The van der Waals surface area contributed by atoms with Gasteiger partial charge in [-0.1, -0.05) is 6.07 Å². The Balaban J connectivity index is 1.75. The van der Waals surface area contributed by atoms with Crippen molar-refractivity contribution >= 4 is 11.8 Å². The molecule has 0 saturated heterocycles. The molecule has 1 heterocycles. The Morgan fingerprint density at radius 2 is 1.94 bits per heavy atom. The summed E-state index contributed by atoms with van der Waals surface area (Å²) in [5.74, 6) is -1.19. The van der Waals surface area contributed by atoms with Crippen molar-refractivity contribution in [2.45, 2.75) is 19.8 Å². The number of ether oxygens (including phenoxy) is 2. The zero-order valence-corrected chi connectivity index (χ0v) is 17.9. The summed E-state index contributed by atoms with van der Waals surface area (Å²) in [6, 6.07) is 8.39. The van der Waals surface area contributed by atoms with E-state index in [-0.39, 0.29) is 17.1 Å². The monoisotopic (exact) mass is 461 g/mol. The van der Waals surface area contributed by atoms with Gasteiger partial charge < -0.3 is 19.9 Å². The Hall–Kier alpha value is -3.82. The van der Waals surface area contributed by atoms with Gasteiger partial charge in [-0.2, -0.15) is 0 Å². The lowest BCUT2D eigenvalue weighted by molar-refractivity contribution is 0.0692. The highest BCUT2D eigenvalue weighted by molar-refractivity contribution is 5.91. The molecule has 0 aliphatic rings. The van der Waals surface area contributed by atoms with Crippen molar-refractivity contribution in [1.82, 2.24) is 9.97 Å². The van der Waals surface area contributed by atoms with Gasteiger partial charge in [-0.3, -0.25) is 0 Å². The number of aromatic carboxylic acids is 1. The number of alkyl halides is 2. The maximum absolute atomic E-state index is 14.0. The van der Waals surface area contributed by atoms with Crippen LogP contribution in [0.15, 0.2) is 42.7 Å². The smallest absolute Gasteiger partial charge is 0.339 e. The van der Waals surface area contributed by atoms with Crippen LogP contribution in [0.1, 0.15) is 34.8 Å². The van der Waals surface area contributed by atoms with Gasteiger partial charge in [0.15, 0.2) is 0 Å². The Kier molecular flexibility index (Phi) is 7.70. The Labute approximate surface area is 188 Å². The average molecular weight is 461 g/mol. The molecule has 3 aromatic rings. The van der Waals surface area contributed by atoms with Crippen molar-refractivity contribution in [1.29, 1.82) is 0 Å². The molecular formula is C23H22F3N3O4. The molecule has 0 amide bonds. The molecule has 0 spiro atoms. The molecule has 0 saturated carbocycles. The van der Waals surface area contributed by atoms with E-state index in [0.717, 1.165) is 12.1 Å². The van der Waals surface area contributed by atoms with E-state index in [0.29, 0.717) is 42.2 Å². The van der Waals surface area contributed by atoms with E-state index in [1.807, 2.05) is 0 Å². The molecule has 0 bridgehead atoms. The van der Waals surface area contributed by atoms with Crippen LogP contribution in [0.5, 0.6) is 11.5 Å². The van der Waals surface area contributed by atoms with Crippen LogP contribution in [0, 0.1) is 5.82 Å². The third-order valence-corrected chi connectivity index (χ3v) is 4.81. The van der Waals surface area contributed by atoms with Crippen molar-refractivity contribution in [3.63, 3.8) is 0 Å². The lowest BCUT2D eigenvalue weighted by Gasteiger charge is -2.13. The first-order valence-corrected chi connectivity index (χ1v) is 10.0. The summed E-state index contributed by atoms with van der Waals surface area (Å²) in [6.07, 6.45) is -1.29. The number of hydrogen-bond acceptors (Lipinski definition) is 6. The van der Waals surface area contributed by atoms with Gasteiger partial charge in [-0.15, -0.1) is 0 Å². The number of anilines is 1. The third kappa shape index (κ3) is 5.71. The Morgan fingerprint density at radius 3 is 2.61 bits per heavy atom. The molecule has 3 rings (SSSR count). The molecule has 0 aliphatic heterocycles. The first kappa shape index (κ1) is 23.8. The number of nitrogens with one attached hydrogen (secondary N) is 1. The zero-order valence-electron chi connectivity index (χ0n) is 17.9. The van der Waals surface area contributed by atoms with Crippen molar-refractivity contribution in [3.05, 3.63) is 65.2 Å². The van der Waals surface area contributed by atoms with Gasteiger partial charge in [0.2, 0.25) is 0 Å². The van der Waals surface area contributed by atoms with Crippen molar-refractivity contribution in [3.8, 4) is 22.8 Å². The highest BCUT2D eigenvalue weighted by atomic mass is 19.3. The van der Waals surface area contributed by atoms with Crippen LogP contribution in [-0.4, -0.2) is 41.3 Å². The van der Waals surface area contributed by atoms with E-state index in [1.54, 1.807) is 25.1 Å². The number of carbonyl (C=O) groups is 1. The van der Waals surface area contributed by atoms with E-state index < -0.39 is 23.8 Å². The van der Waals surface area contributed by atoms with Crippen molar-refractivity contribution < 1.29 is 32.5 Å². The summed E-state index contributed by atoms with van der Waals surface area (Å²) in [5.41, 5.74) is 0.957. The van der Waals surface area contributed by atoms with Crippen LogP contribution < -0.4 is 14.8 Å². The quantitative estimate of drug-likeness (QED) is 0.440. The average Bonchev–Trinajstić information content (AvgIpc) is 2.79. The minimum absolute atomic E-state index is 0.0482. The molecule has 0 radical (unpaired) electrons. The maximum atomic E-state index is 14.0. The van der Waals surface area contributed by atoms with Gasteiger partial charge in [0.25, 0.3) is 6.43 Å².